The second-order valence-corrected chi connectivity index (χ2v) is 8.03. The average molecular weight is 398 g/mol. The van der Waals surface area contributed by atoms with Gasteiger partial charge in [0.1, 0.15) is 6.33 Å². The number of nitrogens with zero attached hydrogens (tertiary/aromatic N) is 5. The van der Waals surface area contributed by atoms with Gasteiger partial charge in [0.25, 0.3) is 15.2 Å². The Morgan fingerprint density at radius 1 is 1.11 bits per heavy atom. The molecule has 1 aromatic heterocycles. The van der Waals surface area contributed by atoms with Gasteiger partial charge in [-0.1, -0.05) is 45.3 Å². The van der Waals surface area contributed by atoms with E-state index in [0.717, 1.165) is 36.7 Å². The van der Waals surface area contributed by atoms with E-state index >= 15 is 0 Å². The highest BCUT2D eigenvalue weighted by molar-refractivity contribution is 7.88. The molecule has 8 nitrogen and oxygen atoms in total. The highest BCUT2D eigenvalue weighted by Crippen LogP contribution is 2.14. The van der Waals surface area contributed by atoms with Crippen molar-refractivity contribution < 1.29 is 13.2 Å². The molecule has 0 fully saturated rings. The number of rotatable bonds is 13. The highest BCUT2D eigenvalue weighted by Gasteiger charge is 2.29. The lowest BCUT2D eigenvalue weighted by atomic mass is 10.2. The second kappa shape index (κ2) is 11.7. The molecule has 0 aromatic carbocycles. The van der Waals surface area contributed by atoms with E-state index in [4.69, 9.17) is 0 Å². The fourth-order valence-corrected chi connectivity index (χ4v) is 3.97. The maximum Gasteiger partial charge on any atom is 0.346 e. The molecule has 9 heteroatoms. The van der Waals surface area contributed by atoms with Crippen LogP contribution in [-0.4, -0.2) is 64.6 Å². The second-order valence-electron chi connectivity index (χ2n) is 6.20. The average Bonchev–Trinajstić information content (AvgIpc) is 3.14. The summed E-state index contributed by atoms with van der Waals surface area (Å²) >= 11 is 0. The number of hydrogen-bond donors (Lipinski definition) is 0. The molecule has 0 spiro atoms. The van der Waals surface area contributed by atoms with E-state index in [0.29, 0.717) is 32.6 Å². The molecule has 0 aliphatic rings. The molecule has 1 heterocycles. The summed E-state index contributed by atoms with van der Waals surface area (Å²) in [7, 11) is -3.83. The third-order valence-corrected chi connectivity index (χ3v) is 5.63. The lowest BCUT2D eigenvalue weighted by Crippen LogP contribution is -2.36. The minimum Gasteiger partial charge on any atom is -0.315 e. The standard InChI is InChI=1S/C18H31N5O3S/c1-5-9-10-11-15-22(14-8-4)27(25,26)17-19-16-23(20-17)18(24)21(12-6-2)13-7-3/h6-7,16H,2-3,5,8-15H2,1,4H3. The van der Waals surface area contributed by atoms with Crippen molar-refractivity contribution in [1.29, 1.82) is 0 Å². The normalized spacial score (nSPS) is 11.5. The van der Waals surface area contributed by atoms with Gasteiger partial charge in [0, 0.05) is 26.2 Å². The van der Waals surface area contributed by atoms with E-state index < -0.39 is 16.1 Å². The summed E-state index contributed by atoms with van der Waals surface area (Å²) in [6, 6.07) is -0.478. The SMILES string of the molecule is C=CCN(CC=C)C(=O)n1cnc(S(=O)(=O)N(CCC)CCCCCC)n1. The van der Waals surface area contributed by atoms with Gasteiger partial charge in [-0.2, -0.15) is 8.99 Å². The third kappa shape index (κ3) is 6.59. The number of carbonyl (C=O) groups excluding carboxylic acids is 1. The molecule has 0 unspecified atom stereocenters. The first kappa shape index (κ1) is 23.0. The topological polar surface area (TPSA) is 88.4 Å². The van der Waals surface area contributed by atoms with Crippen LogP contribution in [0.1, 0.15) is 46.0 Å². The molecule has 0 saturated carbocycles. The van der Waals surface area contributed by atoms with Crippen LogP contribution in [-0.2, 0) is 10.0 Å². The molecule has 1 aromatic rings. The monoisotopic (exact) mass is 397 g/mol. The van der Waals surface area contributed by atoms with Crippen molar-refractivity contribution in [1.82, 2.24) is 24.0 Å². The van der Waals surface area contributed by atoms with Crippen molar-refractivity contribution in [2.45, 2.75) is 51.1 Å². The van der Waals surface area contributed by atoms with E-state index in [-0.39, 0.29) is 5.16 Å². The van der Waals surface area contributed by atoms with E-state index in [9.17, 15) is 13.2 Å². The molecule has 27 heavy (non-hydrogen) atoms. The van der Waals surface area contributed by atoms with E-state index in [1.165, 1.54) is 9.21 Å². The highest BCUT2D eigenvalue weighted by atomic mass is 32.2. The summed E-state index contributed by atoms with van der Waals surface area (Å²) in [4.78, 5) is 17.8. The molecule has 152 valence electrons. The summed E-state index contributed by atoms with van der Waals surface area (Å²) in [5.41, 5.74) is 0. The van der Waals surface area contributed by atoms with Gasteiger partial charge in [-0.25, -0.2) is 18.2 Å². The first-order valence-corrected chi connectivity index (χ1v) is 10.8. The molecule has 1 rings (SSSR count). The largest absolute Gasteiger partial charge is 0.346 e. The van der Waals surface area contributed by atoms with Crippen LogP contribution in [0.2, 0.25) is 0 Å². The van der Waals surface area contributed by atoms with E-state index in [1.54, 1.807) is 12.2 Å². The van der Waals surface area contributed by atoms with Crippen molar-refractivity contribution in [2.75, 3.05) is 26.2 Å². The molecule has 0 N–H and O–H groups in total. The summed E-state index contributed by atoms with van der Waals surface area (Å²) in [6.07, 6.45) is 8.91. The van der Waals surface area contributed by atoms with Gasteiger partial charge in [-0.15, -0.1) is 18.3 Å². The zero-order valence-corrected chi connectivity index (χ0v) is 17.2. The molecule has 0 aliphatic heterocycles. The number of unbranched alkanes of at least 4 members (excludes halogenated alkanes) is 3. The first-order valence-electron chi connectivity index (χ1n) is 9.35. The number of aromatic nitrogens is 3. The van der Waals surface area contributed by atoms with Crippen molar-refractivity contribution in [3.63, 3.8) is 0 Å². The van der Waals surface area contributed by atoms with Gasteiger partial charge in [-0.05, 0) is 12.8 Å². The summed E-state index contributed by atoms with van der Waals surface area (Å²) in [6.45, 7) is 12.7. The maximum atomic E-state index is 12.9. The Labute approximate surface area is 162 Å². The van der Waals surface area contributed by atoms with Gasteiger partial charge >= 0.3 is 6.03 Å². The summed E-state index contributed by atoms with van der Waals surface area (Å²) < 4.78 is 28.1. The fourth-order valence-electron chi connectivity index (χ4n) is 2.58. The number of amides is 1. The van der Waals surface area contributed by atoms with Crippen LogP contribution in [0.25, 0.3) is 0 Å². The minimum absolute atomic E-state index is 0.298. The number of hydrogen-bond acceptors (Lipinski definition) is 5. The summed E-state index contributed by atoms with van der Waals surface area (Å²) in [5, 5.41) is 3.58. The van der Waals surface area contributed by atoms with E-state index in [1.807, 2.05) is 6.92 Å². The van der Waals surface area contributed by atoms with Crippen LogP contribution in [0.4, 0.5) is 4.79 Å². The molecule has 0 saturated heterocycles. The van der Waals surface area contributed by atoms with Gasteiger partial charge < -0.3 is 4.90 Å². The molecule has 0 aliphatic carbocycles. The number of sulfonamides is 1. The molecular formula is C18H31N5O3S. The van der Waals surface area contributed by atoms with Crippen LogP contribution in [0.15, 0.2) is 36.8 Å². The van der Waals surface area contributed by atoms with E-state index in [2.05, 4.69) is 30.2 Å². The smallest absolute Gasteiger partial charge is 0.315 e. The van der Waals surface area contributed by atoms with Crippen molar-refractivity contribution in [2.24, 2.45) is 0 Å². The minimum atomic E-state index is -3.83. The van der Waals surface area contributed by atoms with Crippen LogP contribution >= 0.6 is 0 Å². The predicted molar refractivity (Wildman–Crippen MR) is 106 cm³/mol. The van der Waals surface area contributed by atoms with Crippen LogP contribution < -0.4 is 0 Å². The Balaban J connectivity index is 2.97. The van der Waals surface area contributed by atoms with Crippen molar-refractivity contribution in [3.8, 4) is 0 Å². The Morgan fingerprint density at radius 2 is 1.78 bits per heavy atom. The zero-order chi connectivity index (χ0) is 20.3. The molecular weight excluding hydrogens is 366 g/mol. The Bertz CT molecular complexity index is 704. The molecule has 0 atom stereocenters. The van der Waals surface area contributed by atoms with Gasteiger partial charge in [-0.3, -0.25) is 0 Å². The lowest BCUT2D eigenvalue weighted by molar-refractivity contribution is 0.206. The predicted octanol–water partition coefficient (Wildman–Crippen LogP) is 2.90. The van der Waals surface area contributed by atoms with Crippen LogP contribution in [0, 0.1) is 0 Å². The van der Waals surface area contributed by atoms with Crippen LogP contribution in [0.5, 0.6) is 0 Å². The summed E-state index contributed by atoms with van der Waals surface area (Å²) in [5.74, 6) is 0. The van der Waals surface area contributed by atoms with Crippen molar-refractivity contribution >= 4 is 16.1 Å². The fraction of sp³-hybridized carbons (Fsp3) is 0.611. The molecule has 1 amide bonds. The van der Waals surface area contributed by atoms with Crippen molar-refractivity contribution in [3.05, 3.63) is 31.6 Å². The maximum absolute atomic E-state index is 12.9. The zero-order valence-electron chi connectivity index (χ0n) is 16.4. The molecule has 0 bridgehead atoms. The van der Waals surface area contributed by atoms with Gasteiger partial charge in [0.05, 0.1) is 0 Å². The Hall–Kier alpha value is -2.00. The van der Waals surface area contributed by atoms with Crippen LogP contribution in [0.3, 0.4) is 0 Å². The quantitative estimate of drug-likeness (QED) is 0.377. The first-order chi connectivity index (χ1) is 12.9. The van der Waals surface area contributed by atoms with Gasteiger partial charge in [0.15, 0.2) is 0 Å². The van der Waals surface area contributed by atoms with Gasteiger partial charge in [0.2, 0.25) is 0 Å². The third-order valence-electron chi connectivity index (χ3n) is 3.94. The number of carbonyl (C=O) groups is 1. The lowest BCUT2D eigenvalue weighted by Gasteiger charge is -2.20. The molecule has 0 radical (unpaired) electrons. The Kier molecular flexibility index (Phi) is 9.95. The Morgan fingerprint density at radius 3 is 2.33 bits per heavy atom.